The lowest BCUT2D eigenvalue weighted by atomic mass is 10.2. The second-order valence-corrected chi connectivity index (χ2v) is 8.95. The molecule has 1 saturated carbocycles. The van der Waals surface area contributed by atoms with Crippen molar-refractivity contribution in [1.29, 1.82) is 0 Å². The number of hydrogen-bond acceptors (Lipinski definition) is 4. The summed E-state index contributed by atoms with van der Waals surface area (Å²) in [5.41, 5.74) is 0.861. The molecule has 2 aromatic rings. The van der Waals surface area contributed by atoms with Crippen molar-refractivity contribution >= 4 is 55.3 Å². The van der Waals surface area contributed by atoms with Gasteiger partial charge in [-0.15, -0.1) is 11.3 Å². The summed E-state index contributed by atoms with van der Waals surface area (Å²) in [6.07, 6.45) is 0.981. The molecule has 1 atom stereocenters. The van der Waals surface area contributed by atoms with E-state index in [1.54, 1.807) is 6.07 Å². The highest BCUT2D eigenvalue weighted by Gasteiger charge is 2.43. The zero-order chi connectivity index (χ0) is 18.0. The number of hydrogen-bond donors (Lipinski definition) is 1. The predicted octanol–water partition coefficient (Wildman–Crippen LogP) is 5.20. The quantitative estimate of drug-likeness (QED) is 0.606. The Hall–Kier alpha value is -1.38. The highest BCUT2D eigenvalue weighted by molar-refractivity contribution is 9.13. The summed E-state index contributed by atoms with van der Waals surface area (Å²) in [6.45, 7) is 0.118. The van der Waals surface area contributed by atoms with Crippen molar-refractivity contribution in [2.24, 2.45) is 0 Å². The summed E-state index contributed by atoms with van der Waals surface area (Å²) in [6, 6.07) is 9.91. The lowest BCUT2D eigenvalue weighted by Crippen LogP contribution is -2.40. The molecule has 1 aromatic carbocycles. The van der Waals surface area contributed by atoms with E-state index in [-0.39, 0.29) is 12.6 Å². The van der Waals surface area contributed by atoms with Crippen LogP contribution in [0.1, 0.15) is 29.3 Å². The number of aliphatic carboxylic acids is 1. The van der Waals surface area contributed by atoms with Crippen LogP contribution in [0.2, 0.25) is 0 Å². The molecule has 1 N–H and O–H groups in total. The Labute approximate surface area is 165 Å². The molecular formula is C17H15Br2NO4S. The summed E-state index contributed by atoms with van der Waals surface area (Å²) in [5.74, 6) is -1.06. The van der Waals surface area contributed by atoms with Crippen molar-refractivity contribution in [3.63, 3.8) is 0 Å². The molecule has 132 valence electrons. The minimum atomic E-state index is -1.06. The summed E-state index contributed by atoms with van der Waals surface area (Å²) < 4.78 is 6.95. The molecule has 0 radical (unpaired) electrons. The van der Waals surface area contributed by atoms with E-state index in [4.69, 9.17) is 4.74 Å². The van der Waals surface area contributed by atoms with Gasteiger partial charge in [0.25, 0.3) is 0 Å². The van der Waals surface area contributed by atoms with Crippen molar-refractivity contribution in [3.8, 4) is 0 Å². The van der Waals surface area contributed by atoms with Crippen LogP contribution in [0.15, 0.2) is 44.7 Å². The van der Waals surface area contributed by atoms with Crippen LogP contribution in [0, 0.1) is 0 Å². The molecule has 1 aromatic heterocycles. The SMILES string of the molecule is O=C(O)C(c1cc(Br)c(Br)s1)N(C(=O)OCc1ccccc1)C1CC1. The van der Waals surface area contributed by atoms with Gasteiger partial charge in [0.05, 0.1) is 3.79 Å². The summed E-state index contributed by atoms with van der Waals surface area (Å²) in [5, 5.41) is 9.73. The lowest BCUT2D eigenvalue weighted by molar-refractivity contribution is -0.143. The summed E-state index contributed by atoms with van der Waals surface area (Å²) in [4.78, 5) is 26.5. The van der Waals surface area contributed by atoms with E-state index < -0.39 is 18.1 Å². The lowest BCUT2D eigenvalue weighted by Gasteiger charge is -2.27. The fourth-order valence-electron chi connectivity index (χ4n) is 2.49. The van der Waals surface area contributed by atoms with Crippen LogP contribution in [-0.4, -0.2) is 28.1 Å². The largest absolute Gasteiger partial charge is 0.479 e. The van der Waals surface area contributed by atoms with Gasteiger partial charge in [-0.05, 0) is 56.3 Å². The van der Waals surface area contributed by atoms with Gasteiger partial charge in [0.2, 0.25) is 0 Å². The maximum atomic E-state index is 12.6. The first kappa shape index (κ1) is 18.4. The van der Waals surface area contributed by atoms with E-state index in [2.05, 4.69) is 31.9 Å². The highest BCUT2D eigenvalue weighted by Crippen LogP contribution is 2.41. The molecule has 1 unspecified atom stereocenters. The molecule has 1 fully saturated rings. The van der Waals surface area contributed by atoms with Gasteiger partial charge < -0.3 is 9.84 Å². The van der Waals surface area contributed by atoms with Crippen molar-refractivity contribution in [2.75, 3.05) is 0 Å². The fraction of sp³-hybridized carbons (Fsp3) is 0.294. The van der Waals surface area contributed by atoms with Crippen LogP contribution >= 0.6 is 43.2 Å². The van der Waals surface area contributed by atoms with Crippen molar-refractivity contribution in [3.05, 3.63) is 55.1 Å². The molecule has 0 bridgehead atoms. The van der Waals surface area contributed by atoms with Crippen LogP contribution in [0.25, 0.3) is 0 Å². The Morgan fingerprint density at radius 1 is 1.28 bits per heavy atom. The Bertz CT molecular complexity index is 757. The number of nitrogens with zero attached hydrogens (tertiary/aromatic N) is 1. The molecule has 5 nitrogen and oxygen atoms in total. The number of carboxylic acid groups (broad SMARTS) is 1. The Kier molecular flexibility index (Phi) is 5.81. The van der Waals surface area contributed by atoms with Gasteiger partial charge in [-0.25, -0.2) is 9.59 Å². The van der Waals surface area contributed by atoms with E-state index in [9.17, 15) is 14.7 Å². The Balaban J connectivity index is 1.80. The van der Waals surface area contributed by atoms with Crippen LogP contribution in [0.3, 0.4) is 0 Å². The summed E-state index contributed by atoms with van der Waals surface area (Å²) in [7, 11) is 0. The first-order chi connectivity index (χ1) is 12.0. The molecule has 1 aliphatic carbocycles. The van der Waals surface area contributed by atoms with Crippen molar-refractivity contribution < 1.29 is 19.4 Å². The minimum absolute atomic E-state index is 0.0935. The van der Waals surface area contributed by atoms with Crippen molar-refractivity contribution in [2.45, 2.75) is 31.5 Å². The number of amides is 1. The second kappa shape index (κ2) is 7.88. The molecule has 3 rings (SSSR count). The number of halogens is 2. The highest BCUT2D eigenvalue weighted by atomic mass is 79.9. The Morgan fingerprint density at radius 2 is 1.96 bits per heavy atom. The third-order valence-electron chi connectivity index (χ3n) is 3.80. The number of thiophene rings is 1. The zero-order valence-electron chi connectivity index (χ0n) is 13.0. The average Bonchev–Trinajstić information content (AvgIpc) is 3.36. The predicted molar refractivity (Wildman–Crippen MR) is 102 cm³/mol. The van der Waals surface area contributed by atoms with Crippen LogP contribution < -0.4 is 0 Å². The van der Waals surface area contributed by atoms with E-state index in [1.807, 2.05) is 30.3 Å². The third-order valence-corrected chi connectivity index (χ3v) is 7.11. The van der Waals surface area contributed by atoms with Crippen molar-refractivity contribution in [1.82, 2.24) is 4.90 Å². The average molecular weight is 489 g/mol. The van der Waals surface area contributed by atoms with Gasteiger partial charge >= 0.3 is 12.1 Å². The monoisotopic (exact) mass is 487 g/mol. The molecule has 25 heavy (non-hydrogen) atoms. The van der Waals surface area contributed by atoms with Gasteiger partial charge in [-0.3, -0.25) is 4.90 Å². The van der Waals surface area contributed by atoms with E-state index in [1.165, 1.54) is 16.2 Å². The zero-order valence-corrected chi connectivity index (χ0v) is 17.0. The molecule has 8 heteroatoms. The van der Waals surface area contributed by atoms with Gasteiger partial charge in [-0.2, -0.15) is 0 Å². The first-order valence-electron chi connectivity index (χ1n) is 7.64. The number of ether oxygens (including phenoxy) is 1. The van der Waals surface area contributed by atoms with Gasteiger partial charge in [0.1, 0.15) is 6.61 Å². The minimum Gasteiger partial charge on any atom is -0.479 e. The smallest absolute Gasteiger partial charge is 0.411 e. The normalized spacial score (nSPS) is 14.8. The number of benzene rings is 1. The maximum absolute atomic E-state index is 12.6. The molecule has 0 aliphatic heterocycles. The van der Waals surface area contributed by atoms with E-state index in [0.717, 1.165) is 26.7 Å². The molecule has 1 heterocycles. The van der Waals surface area contributed by atoms with Crippen LogP contribution in [-0.2, 0) is 16.1 Å². The molecule has 0 saturated heterocycles. The standard InChI is InChI=1S/C17H15Br2NO4S/c18-12-8-13(25-15(12)19)14(16(21)22)20(11-6-7-11)17(23)24-9-10-4-2-1-3-5-10/h1-5,8,11,14H,6-7,9H2,(H,21,22). The van der Waals surface area contributed by atoms with Gasteiger partial charge in [0, 0.05) is 15.4 Å². The first-order valence-corrected chi connectivity index (χ1v) is 10.0. The Morgan fingerprint density at radius 3 is 2.48 bits per heavy atom. The second-order valence-electron chi connectivity index (χ2n) is 5.69. The molecule has 0 spiro atoms. The number of carbonyl (C=O) groups excluding carboxylic acids is 1. The molecule has 1 aliphatic rings. The summed E-state index contributed by atoms with van der Waals surface area (Å²) >= 11 is 8.04. The number of carboxylic acids is 1. The molecular weight excluding hydrogens is 474 g/mol. The topological polar surface area (TPSA) is 66.8 Å². The third kappa shape index (κ3) is 4.43. The molecule has 1 amide bonds. The fourth-order valence-corrected chi connectivity index (χ4v) is 4.67. The van der Waals surface area contributed by atoms with Crippen LogP contribution in [0.5, 0.6) is 0 Å². The van der Waals surface area contributed by atoms with E-state index in [0.29, 0.717) is 4.88 Å². The number of carbonyl (C=O) groups is 2. The van der Waals surface area contributed by atoms with E-state index >= 15 is 0 Å². The van der Waals surface area contributed by atoms with Crippen LogP contribution in [0.4, 0.5) is 4.79 Å². The van der Waals surface area contributed by atoms with Gasteiger partial charge in [-0.1, -0.05) is 30.3 Å². The van der Waals surface area contributed by atoms with Gasteiger partial charge in [0.15, 0.2) is 6.04 Å². The maximum Gasteiger partial charge on any atom is 0.411 e. The number of rotatable bonds is 6.